The van der Waals surface area contributed by atoms with Crippen molar-refractivity contribution in [2.75, 3.05) is 7.11 Å². The van der Waals surface area contributed by atoms with Gasteiger partial charge in [-0.3, -0.25) is 0 Å². The Morgan fingerprint density at radius 2 is 1.82 bits per heavy atom. The van der Waals surface area contributed by atoms with Gasteiger partial charge in [-0.25, -0.2) is 4.39 Å². The number of hydrogen-bond donors (Lipinski definition) is 2. The minimum Gasteiger partial charge on any atom is -0.494 e. The zero-order chi connectivity index (χ0) is 13.2. The maximum atomic E-state index is 13.4. The van der Waals surface area contributed by atoms with Gasteiger partial charge in [-0.1, -0.05) is 0 Å². The number of methoxy groups -OCH3 is 1. The molecule has 1 aromatic carbocycles. The highest BCUT2D eigenvalue weighted by Gasteiger charge is 2.32. The molecule has 0 radical (unpaired) electrons. The Morgan fingerprint density at radius 3 is 2.24 bits per heavy atom. The second kappa shape index (κ2) is 4.80. The van der Waals surface area contributed by atoms with E-state index in [0.717, 1.165) is 7.11 Å². The minimum atomic E-state index is -4.97. The monoisotopic (exact) mass is 254 g/mol. The van der Waals surface area contributed by atoms with Crippen LogP contribution < -0.4 is 14.9 Å². The van der Waals surface area contributed by atoms with E-state index in [-0.39, 0.29) is 0 Å². The molecule has 4 nitrogen and oxygen atoms in total. The van der Waals surface area contributed by atoms with E-state index in [9.17, 15) is 17.6 Å². The number of benzene rings is 1. The molecule has 1 rings (SSSR count). The fraction of sp³-hybridized carbons (Fsp3) is 0.250. The van der Waals surface area contributed by atoms with E-state index in [2.05, 4.69) is 9.47 Å². The Labute approximate surface area is 93.5 Å². The summed E-state index contributed by atoms with van der Waals surface area (Å²) in [6, 6.07) is 1.17. The molecule has 0 aliphatic rings. The molecule has 0 heterocycles. The summed E-state index contributed by atoms with van der Waals surface area (Å²) in [6.45, 7) is 0. The summed E-state index contributed by atoms with van der Waals surface area (Å²) in [7, 11) is -1.26. The van der Waals surface area contributed by atoms with Crippen LogP contribution in [0.25, 0.3) is 0 Å². The van der Waals surface area contributed by atoms with Crippen LogP contribution in [0.5, 0.6) is 11.5 Å². The van der Waals surface area contributed by atoms with Crippen molar-refractivity contribution in [3.63, 3.8) is 0 Å². The first-order valence-corrected chi connectivity index (χ1v) is 4.24. The molecule has 94 valence electrons. The molecule has 0 aliphatic heterocycles. The van der Waals surface area contributed by atoms with Crippen LogP contribution in [-0.4, -0.2) is 30.6 Å². The van der Waals surface area contributed by atoms with Gasteiger partial charge in [-0.05, 0) is 6.07 Å². The van der Waals surface area contributed by atoms with Crippen LogP contribution >= 0.6 is 0 Å². The minimum absolute atomic E-state index is 0.524. The summed E-state index contributed by atoms with van der Waals surface area (Å²) >= 11 is 0. The predicted octanol–water partition coefficient (Wildman–Crippen LogP) is 0.413. The molecule has 2 N–H and O–H groups in total. The van der Waals surface area contributed by atoms with Gasteiger partial charge in [-0.2, -0.15) is 0 Å². The van der Waals surface area contributed by atoms with E-state index in [1.54, 1.807) is 0 Å². The van der Waals surface area contributed by atoms with Crippen LogP contribution in [0.3, 0.4) is 0 Å². The third kappa shape index (κ3) is 3.50. The number of rotatable bonds is 3. The largest absolute Gasteiger partial charge is 0.573 e. The zero-order valence-corrected chi connectivity index (χ0v) is 8.45. The van der Waals surface area contributed by atoms with E-state index < -0.39 is 36.3 Å². The van der Waals surface area contributed by atoms with Crippen LogP contribution in [0, 0.1) is 5.82 Å². The van der Waals surface area contributed by atoms with E-state index in [1.807, 2.05) is 0 Å². The topological polar surface area (TPSA) is 58.9 Å². The molecule has 0 atom stereocenters. The SMILES string of the molecule is COc1cc(OC(F)(F)F)cc(B(O)O)c1F. The molecule has 0 bridgehead atoms. The van der Waals surface area contributed by atoms with E-state index in [0.29, 0.717) is 12.1 Å². The highest BCUT2D eigenvalue weighted by atomic mass is 19.4. The number of hydrogen-bond acceptors (Lipinski definition) is 4. The molecular formula is C8H7BF4O4. The summed E-state index contributed by atoms with van der Waals surface area (Å²) in [5.41, 5.74) is -0.774. The van der Waals surface area contributed by atoms with Gasteiger partial charge in [-0.15, -0.1) is 13.2 Å². The lowest BCUT2D eigenvalue weighted by Crippen LogP contribution is -2.33. The van der Waals surface area contributed by atoms with Crippen molar-refractivity contribution in [1.29, 1.82) is 0 Å². The molecule has 17 heavy (non-hydrogen) atoms. The molecule has 0 aliphatic carbocycles. The lowest BCUT2D eigenvalue weighted by Gasteiger charge is -2.13. The number of ether oxygens (including phenoxy) is 2. The standard InChI is InChI=1S/C8H7BF4O4/c1-16-6-3-4(17-8(11,12)13)2-5(7(6)10)9(14)15/h2-3,14-15H,1H3. The maximum absolute atomic E-state index is 13.4. The van der Waals surface area contributed by atoms with Crippen molar-refractivity contribution in [3.8, 4) is 11.5 Å². The molecule has 0 fully saturated rings. The van der Waals surface area contributed by atoms with E-state index >= 15 is 0 Å². The summed E-state index contributed by atoms with van der Waals surface area (Å²) in [5, 5.41) is 17.5. The van der Waals surface area contributed by atoms with Crippen molar-refractivity contribution in [2.45, 2.75) is 6.36 Å². The lowest BCUT2D eigenvalue weighted by atomic mass is 9.79. The first-order chi connectivity index (χ1) is 7.74. The molecule has 0 aromatic heterocycles. The Morgan fingerprint density at radius 1 is 1.24 bits per heavy atom. The van der Waals surface area contributed by atoms with Crippen LogP contribution in [-0.2, 0) is 0 Å². The first-order valence-electron chi connectivity index (χ1n) is 4.24. The summed E-state index contributed by atoms with van der Waals surface area (Å²) in [4.78, 5) is 0. The van der Waals surface area contributed by atoms with Gasteiger partial charge in [0, 0.05) is 11.5 Å². The quantitative estimate of drug-likeness (QED) is 0.606. The maximum Gasteiger partial charge on any atom is 0.573 e. The fourth-order valence-electron chi connectivity index (χ4n) is 1.12. The van der Waals surface area contributed by atoms with E-state index in [4.69, 9.17) is 10.0 Å². The van der Waals surface area contributed by atoms with Crippen LogP contribution in [0.4, 0.5) is 17.6 Å². The molecule has 0 saturated heterocycles. The van der Waals surface area contributed by atoms with Gasteiger partial charge in [0.25, 0.3) is 0 Å². The molecule has 0 saturated carbocycles. The van der Waals surface area contributed by atoms with Gasteiger partial charge in [0.1, 0.15) is 5.75 Å². The lowest BCUT2D eigenvalue weighted by molar-refractivity contribution is -0.274. The smallest absolute Gasteiger partial charge is 0.494 e. The average Bonchev–Trinajstić information content (AvgIpc) is 2.17. The predicted molar refractivity (Wildman–Crippen MR) is 49.5 cm³/mol. The average molecular weight is 254 g/mol. The number of halogens is 4. The van der Waals surface area contributed by atoms with Gasteiger partial charge in [0.15, 0.2) is 11.6 Å². The molecule has 0 spiro atoms. The Hall–Kier alpha value is -1.48. The molecule has 0 unspecified atom stereocenters. The fourth-order valence-corrected chi connectivity index (χ4v) is 1.12. The van der Waals surface area contributed by atoms with E-state index in [1.165, 1.54) is 0 Å². The van der Waals surface area contributed by atoms with Crippen molar-refractivity contribution in [2.24, 2.45) is 0 Å². The van der Waals surface area contributed by atoms with Crippen molar-refractivity contribution in [1.82, 2.24) is 0 Å². The molecular weight excluding hydrogens is 247 g/mol. The normalized spacial score (nSPS) is 11.2. The van der Waals surface area contributed by atoms with Crippen molar-refractivity contribution >= 4 is 12.6 Å². The highest BCUT2D eigenvalue weighted by molar-refractivity contribution is 6.58. The zero-order valence-electron chi connectivity index (χ0n) is 8.45. The molecule has 0 amide bonds. The Balaban J connectivity index is 3.21. The third-order valence-electron chi connectivity index (χ3n) is 1.77. The van der Waals surface area contributed by atoms with Gasteiger partial charge in [0.2, 0.25) is 0 Å². The summed E-state index contributed by atoms with van der Waals surface area (Å²) in [5.74, 6) is -2.56. The van der Waals surface area contributed by atoms with Crippen LogP contribution in [0.1, 0.15) is 0 Å². The van der Waals surface area contributed by atoms with Gasteiger partial charge >= 0.3 is 13.5 Å². The van der Waals surface area contributed by atoms with Crippen LogP contribution in [0.15, 0.2) is 12.1 Å². The molecule has 9 heteroatoms. The van der Waals surface area contributed by atoms with Crippen molar-refractivity contribution in [3.05, 3.63) is 17.9 Å². The second-order valence-electron chi connectivity index (χ2n) is 2.95. The second-order valence-corrected chi connectivity index (χ2v) is 2.95. The highest BCUT2D eigenvalue weighted by Crippen LogP contribution is 2.27. The summed E-state index contributed by atoms with van der Waals surface area (Å²) in [6.07, 6.45) is -4.97. The Bertz CT molecular complexity index is 407. The Kier molecular flexibility index (Phi) is 3.84. The molecule has 1 aromatic rings. The third-order valence-corrected chi connectivity index (χ3v) is 1.77. The summed E-state index contributed by atoms with van der Waals surface area (Å²) < 4.78 is 57.1. The van der Waals surface area contributed by atoms with Gasteiger partial charge < -0.3 is 19.5 Å². The van der Waals surface area contributed by atoms with Crippen molar-refractivity contribution < 1.29 is 37.1 Å². The first kappa shape index (κ1) is 13.6. The number of alkyl halides is 3. The van der Waals surface area contributed by atoms with Gasteiger partial charge in [0.05, 0.1) is 7.11 Å². The van der Waals surface area contributed by atoms with Crippen LogP contribution in [0.2, 0.25) is 0 Å².